The predicted molar refractivity (Wildman–Crippen MR) is 129 cm³/mol. The first kappa shape index (κ1) is 25.4. The highest BCUT2D eigenvalue weighted by Gasteiger charge is 2.29. The van der Waals surface area contributed by atoms with Crippen molar-refractivity contribution in [2.45, 2.75) is 104 Å². The van der Waals surface area contributed by atoms with E-state index in [1.165, 1.54) is 43.2 Å². The lowest BCUT2D eigenvalue weighted by atomic mass is 9.93. The van der Waals surface area contributed by atoms with Crippen molar-refractivity contribution in [1.82, 2.24) is 9.80 Å². The van der Waals surface area contributed by atoms with Crippen LogP contribution in [0.2, 0.25) is 0 Å². The Hall–Kier alpha value is -1.84. The van der Waals surface area contributed by atoms with Crippen LogP contribution in [-0.4, -0.2) is 41.2 Å². The highest BCUT2D eigenvalue weighted by atomic mass is 16.2. The third-order valence-corrected chi connectivity index (χ3v) is 6.62. The van der Waals surface area contributed by atoms with Gasteiger partial charge in [-0.2, -0.15) is 0 Å². The van der Waals surface area contributed by atoms with Crippen molar-refractivity contribution in [3.8, 4) is 0 Å². The number of unbranched alkanes of at least 4 members (excludes halogenated alkanes) is 8. The molecule has 0 saturated carbocycles. The van der Waals surface area contributed by atoms with Gasteiger partial charge in [-0.15, -0.1) is 0 Å². The molecule has 1 aromatic rings. The third-order valence-electron chi connectivity index (χ3n) is 6.62. The minimum Gasteiger partial charge on any atom is -0.334 e. The highest BCUT2D eigenvalue weighted by molar-refractivity contribution is 5.85. The van der Waals surface area contributed by atoms with E-state index >= 15 is 0 Å². The maximum absolute atomic E-state index is 13.2. The molecule has 0 spiro atoms. The Morgan fingerprint density at radius 2 is 1.58 bits per heavy atom. The fourth-order valence-corrected chi connectivity index (χ4v) is 4.60. The Kier molecular flexibility index (Phi) is 11.7. The summed E-state index contributed by atoms with van der Waals surface area (Å²) in [4.78, 5) is 29.9. The first-order chi connectivity index (χ1) is 15.1. The van der Waals surface area contributed by atoms with E-state index in [2.05, 4.69) is 39.0 Å². The largest absolute Gasteiger partial charge is 0.334 e. The summed E-state index contributed by atoms with van der Waals surface area (Å²) in [6.45, 7) is 8.18. The zero-order valence-corrected chi connectivity index (χ0v) is 20.2. The van der Waals surface area contributed by atoms with Crippen LogP contribution >= 0.6 is 0 Å². The van der Waals surface area contributed by atoms with Crippen molar-refractivity contribution in [2.24, 2.45) is 0 Å². The van der Waals surface area contributed by atoms with E-state index in [0.29, 0.717) is 13.0 Å². The summed E-state index contributed by atoms with van der Waals surface area (Å²) in [5.41, 5.74) is 2.59. The molecule has 1 atom stereocenters. The predicted octanol–water partition coefficient (Wildman–Crippen LogP) is 6.29. The van der Waals surface area contributed by atoms with Crippen molar-refractivity contribution in [3.63, 3.8) is 0 Å². The molecule has 31 heavy (non-hydrogen) atoms. The molecule has 174 valence electrons. The SMILES string of the molecule is CCCCCCCCCC(=O)N(CCCCC)CC(=O)N1CCc2ccccc2C1C. The Balaban J connectivity index is 1.87. The zero-order valence-electron chi connectivity index (χ0n) is 20.2. The molecule has 0 aliphatic carbocycles. The number of rotatable bonds is 14. The summed E-state index contributed by atoms with van der Waals surface area (Å²) in [5.74, 6) is 0.245. The van der Waals surface area contributed by atoms with Gasteiger partial charge in [0.2, 0.25) is 11.8 Å². The Bertz CT molecular complexity index is 673. The molecule has 4 nitrogen and oxygen atoms in total. The van der Waals surface area contributed by atoms with Gasteiger partial charge in [0.1, 0.15) is 0 Å². The highest BCUT2D eigenvalue weighted by Crippen LogP contribution is 2.29. The van der Waals surface area contributed by atoms with Crippen LogP contribution in [0.4, 0.5) is 0 Å². The Morgan fingerprint density at radius 1 is 0.935 bits per heavy atom. The molecule has 0 fully saturated rings. The van der Waals surface area contributed by atoms with Gasteiger partial charge in [0.05, 0.1) is 12.6 Å². The van der Waals surface area contributed by atoms with Crippen LogP contribution < -0.4 is 0 Å². The van der Waals surface area contributed by atoms with E-state index < -0.39 is 0 Å². The molecule has 0 N–H and O–H groups in total. The van der Waals surface area contributed by atoms with Gasteiger partial charge in [0.25, 0.3) is 0 Å². The minimum atomic E-state index is 0.0770. The monoisotopic (exact) mass is 428 g/mol. The van der Waals surface area contributed by atoms with Crippen LogP contribution in [0.25, 0.3) is 0 Å². The summed E-state index contributed by atoms with van der Waals surface area (Å²) >= 11 is 0. The van der Waals surface area contributed by atoms with Crippen LogP contribution in [0.3, 0.4) is 0 Å². The van der Waals surface area contributed by atoms with Crippen LogP contribution in [0.1, 0.15) is 109 Å². The minimum absolute atomic E-state index is 0.0770. The lowest BCUT2D eigenvalue weighted by molar-refractivity contribution is -0.142. The molecule has 4 heteroatoms. The molecule has 0 bridgehead atoms. The van der Waals surface area contributed by atoms with E-state index in [0.717, 1.165) is 45.1 Å². The molecule has 1 aliphatic rings. The average molecular weight is 429 g/mol. The Morgan fingerprint density at radius 3 is 2.32 bits per heavy atom. The van der Waals surface area contributed by atoms with E-state index in [4.69, 9.17) is 0 Å². The van der Waals surface area contributed by atoms with Crippen LogP contribution in [0.5, 0.6) is 0 Å². The lowest BCUT2D eigenvalue weighted by Gasteiger charge is -2.36. The van der Waals surface area contributed by atoms with Crippen LogP contribution in [0, 0.1) is 0 Å². The topological polar surface area (TPSA) is 40.6 Å². The second-order valence-electron chi connectivity index (χ2n) is 9.11. The molecular formula is C27H44N2O2. The molecule has 1 aromatic carbocycles. The van der Waals surface area contributed by atoms with E-state index in [-0.39, 0.29) is 24.4 Å². The third kappa shape index (κ3) is 8.31. The van der Waals surface area contributed by atoms with Gasteiger partial charge in [-0.25, -0.2) is 0 Å². The quantitative estimate of drug-likeness (QED) is 0.327. The van der Waals surface area contributed by atoms with Gasteiger partial charge in [-0.05, 0) is 37.3 Å². The van der Waals surface area contributed by atoms with Crippen LogP contribution in [0.15, 0.2) is 24.3 Å². The maximum Gasteiger partial charge on any atom is 0.242 e. The molecule has 2 amide bonds. The first-order valence-electron chi connectivity index (χ1n) is 12.7. The summed E-state index contributed by atoms with van der Waals surface area (Å²) in [7, 11) is 0. The fourth-order valence-electron chi connectivity index (χ4n) is 4.60. The van der Waals surface area contributed by atoms with Crippen molar-refractivity contribution < 1.29 is 9.59 Å². The summed E-state index contributed by atoms with van der Waals surface area (Å²) in [6, 6.07) is 8.49. The van der Waals surface area contributed by atoms with Crippen molar-refractivity contribution >= 4 is 11.8 Å². The van der Waals surface area contributed by atoms with Gasteiger partial charge >= 0.3 is 0 Å². The molecular weight excluding hydrogens is 384 g/mol. The van der Waals surface area contributed by atoms with Crippen molar-refractivity contribution in [1.29, 1.82) is 0 Å². The number of hydrogen-bond acceptors (Lipinski definition) is 2. The van der Waals surface area contributed by atoms with E-state index in [9.17, 15) is 9.59 Å². The maximum atomic E-state index is 13.2. The molecule has 0 saturated heterocycles. The summed E-state index contributed by atoms with van der Waals surface area (Å²) in [5, 5.41) is 0. The van der Waals surface area contributed by atoms with E-state index in [1.807, 2.05) is 15.9 Å². The molecule has 2 rings (SSSR count). The average Bonchev–Trinajstić information content (AvgIpc) is 2.78. The number of fused-ring (bicyclic) bond motifs is 1. The normalized spacial score (nSPS) is 15.6. The number of hydrogen-bond donors (Lipinski definition) is 0. The van der Waals surface area contributed by atoms with Gasteiger partial charge < -0.3 is 9.80 Å². The van der Waals surface area contributed by atoms with Crippen LogP contribution in [-0.2, 0) is 16.0 Å². The summed E-state index contributed by atoms with van der Waals surface area (Å²) < 4.78 is 0. The first-order valence-corrected chi connectivity index (χ1v) is 12.7. The smallest absolute Gasteiger partial charge is 0.242 e. The standard InChI is InChI=1S/C27H44N2O2/c1-4-6-8-9-10-11-12-18-26(30)28(20-15-7-5-2)22-27(31)29-21-19-24-16-13-14-17-25(24)23(29)3/h13-14,16-17,23H,4-12,15,18-22H2,1-3H3. The van der Waals surface area contributed by atoms with Crippen molar-refractivity contribution in [2.75, 3.05) is 19.6 Å². The number of amides is 2. The van der Waals surface area contributed by atoms with E-state index in [1.54, 1.807) is 0 Å². The van der Waals surface area contributed by atoms with Gasteiger partial charge in [0.15, 0.2) is 0 Å². The second-order valence-corrected chi connectivity index (χ2v) is 9.11. The van der Waals surface area contributed by atoms with Crippen molar-refractivity contribution in [3.05, 3.63) is 35.4 Å². The van der Waals surface area contributed by atoms with Gasteiger partial charge in [0, 0.05) is 19.5 Å². The molecule has 1 aliphatic heterocycles. The molecule has 1 heterocycles. The number of carbonyl (C=O) groups excluding carboxylic acids is 2. The number of nitrogens with zero attached hydrogens (tertiary/aromatic N) is 2. The zero-order chi connectivity index (χ0) is 22.5. The van der Waals surface area contributed by atoms with Gasteiger partial charge in [-0.3, -0.25) is 9.59 Å². The second kappa shape index (κ2) is 14.3. The molecule has 0 aromatic heterocycles. The molecule has 0 radical (unpaired) electrons. The lowest BCUT2D eigenvalue weighted by Crippen LogP contribution is -2.46. The Labute approximate surface area is 190 Å². The molecule has 1 unspecified atom stereocenters. The summed E-state index contributed by atoms with van der Waals surface area (Å²) in [6.07, 6.45) is 13.1. The number of benzene rings is 1. The number of carbonyl (C=O) groups is 2. The fraction of sp³-hybridized carbons (Fsp3) is 0.704. The van der Waals surface area contributed by atoms with Gasteiger partial charge in [-0.1, -0.05) is 89.5 Å².